The first-order valence-electron chi connectivity index (χ1n) is 4.91. The second-order valence-corrected chi connectivity index (χ2v) is 3.28. The lowest BCUT2D eigenvalue weighted by Crippen LogP contribution is -1.89. The molecule has 0 aliphatic rings. The lowest BCUT2D eigenvalue weighted by molar-refractivity contribution is 0.481. The van der Waals surface area contributed by atoms with Gasteiger partial charge in [0.25, 0.3) is 0 Å². The van der Waals surface area contributed by atoms with Crippen LogP contribution in [-0.4, -0.2) is 0 Å². The van der Waals surface area contributed by atoms with E-state index >= 15 is 0 Å². The summed E-state index contributed by atoms with van der Waals surface area (Å²) in [5.41, 5.74) is 0.853. The topological polar surface area (TPSA) is 56.8 Å². The fraction of sp³-hybridized carbons (Fsp3) is 0. The van der Waals surface area contributed by atoms with Gasteiger partial charge in [-0.2, -0.15) is 10.5 Å². The summed E-state index contributed by atoms with van der Waals surface area (Å²) in [6.07, 6.45) is 0. The van der Waals surface area contributed by atoms with Gasteiger partial charge in [-0.3, -0.25) is 0 Å². The largest absolute Gasteiger partial charge is 0.456 e. The first kappa shape index (κ1) is 10.7. The lowest BCUT2D eigenvalue weighted by atomic mass is 10.1. The van der Waals surface area contributed by atoms with E-state index in [-0.39, 0.29) is 0 Å². The van der Waals surface area contributed by atoms with Crippen molar-refractivity contribution in [2.45, 2.75) is 0 Å². The van der Waals surface area contributed by atoms with Crippen LogP contribution < -0.4 is 4.74 Å². The summed E-state index contributed by atoms with van der Waals surface area (Å²) >= 11 is 0. The van der Waals surface area contributed by atoms with E-state index < -0.39 is 0 Å². The molecule has 0 aromatic heterocycles. The maximum Gasteiger partial charge on any atom is 0.146 e. The van der Waals surface area contributed by atoms with Crippen molar-refractivity contribution >= 4 is 0 Å². The van der Waals surface area contributed by atoms with Crippen LogP contribution in [0.1, 0.15) is 11.1 Å². The van der Waals surface area contributed by atoms with Gasteiger partial charge in [-0.25, -0.2) is 0 Å². The number of nitrogens with zero attached hydrogens (tertiary/aromatic N) is 2. The minimum absolute atomic E-state index is 0.381. The van der Waals surface area contributed by atoms with Crippen LogP contribution in [0.4, 0.5) is 0 Å². The van der Waals surface area contributed by atoms with E-state index in [1.54, 1.807) is 42.5 Å². The number of benzene rings is 2. The number of hydrogen-bond donors (Lipinski definition) is 0. The van der Waals surface area contributed by atoms with Crippen molar-refractivity contribution < 1.29 is 4.74 Å². The third-order valence-electron chi connectivity index (χ3n) is 2.14. The van der Waals surface area contributed by atoms with Crippen molar-refractivity contribution in [3.63, 3.8) is 0 Å². The molecule has 17 heavy (non-hydrogen) atoms. The summed E-state index contributed by atoms with van der Waals surface area (Å²) < 4.78 is 5.54. The monoisotopic (exact) mass is 219 g/mol. The van der Waals surface area contributed by atoms with Crippen molar-refractivity contribution in [2.75, 3.05) is 0 Å². The summed E-state index contributed by atoms with van der Waals surface area (Å²) in [4.78, 5) is 0. The average molecular weight is 219 g/mol. The summed E-state index contributed by atoms with van der Waals surface area (Å²) in [5.74, 6) is 0.963. The summed E-state index contributed by atoms with van der Waals surface area (Å²) in [7, 11) is 0. The number of rotatable bonds is 2. The van der Waals surface area contributed by atoms with Gasteiger partial charge in [0.15, 0.2) is 0 Å². The van der Waals surface area contributed by atoms with Crippen LogP contribution in [0.15, 0.2) is 42.5 Å². The van der Waals surface area contributed by atoms with Crippen molar-refractivity contribution in [1.82, 2.24) is 0 Å². The van der Waals surface area contributed by atoms with Crippen LogP contribution in [0.25, 0.3) is 0 Å². The molecule has 0 bridgehead atoms. The second kappa shape index (κ2) is 4.83. The Labute approximate surface area is 99.1 Å². The van der Waals surface area contributed by atoms with E-state index in [0.29, 0.717) is 22.6 Å². The summed E-state index contributed by atoms with van der Waals surface area (Å²) in [6, 6.07) is 18.6. The highest BCUT2D eigenvalue weighted by atomic mass is 16.5. The Kier molecular flexibility index (Phi) is 3.05. The molecule has 0 aliphatic carbocycles. The molecule has 0 heterocycles. The van der Waals surface area contributed by atoms with Gasteiger partial charge in [0.05, 0.1) is 17.2 Å². The van der Waals surface area contributed by atoms with Crippen molar-refractivity contribution in [1.29, 1.82) is 10.5 Å². The maximum atomic E-state index is 8.94. The zero-order valence-corrected chi connectivity index (χ0v) is 8.84. The first-order valence-corrected chi connectivity index (χ1v) is 4.91. The van der Waals surface area contributed by atoms with Gasteiger partial charge in [0, 0.05) is 0 Å². The van der Waals surface area contributed by atoms with Crippen LogP contribution in [0.2, 0.25) is 0 Å². The Bertz CT molecular complexity index is 606. The van der Waals surface area contributed by atoms with Gasteiger partial charge < -0.3 is 4.74 Å². The molecule has 2 aromatic rings. The minimum Gasteiger partial charge on any atom is -0.456 e. The van der Waals surface area contributed by atoms with Crippen LogP contribution in [0, 0.1) is 28.7 Å². The van der Waals surface area contributed by atoms with Crippen LogP contribution in [0.3, 0.4) is 0 Å². The smallest absolute Gasteiger partial charge is 0.146 e. The summed E-state index contributed by atoms with van der Waals surface area (Å²) in [6.45, 7) is 0. The molecule has 2 aromatic carbocycles. The van der Waals surface area contributed by atoms with Gasteiger partial charge in [-0.05, 0) is 36.4 Å². The van der Waals surface area contributed by atoms with E-state index in [4.69, 9.17) is 15.3 Å². The second-order valence-electron chi connectivity index (χ2n) is 3.28. The molecular weight excluding hydrogens is 212 g/mol. The van der Waals surface area contributed by atoms with E-state index in [2.05, 4.69) is 6.07 Å². The number of hydrogen-bond acceptors (Lipinski definition) is 3. The standard InChI is InChI=1S/C14H7N2O/c15-9-11-6-7-12(10-16)14(8-11)17-13-4-2-1-3-5-13/h1-2,4-8H. The van der Waals surface area contributed by atoms with Crippen molar-refractivity contribution in [3.05, 3.63) is 59.7 Å². The highest BCUT2D eigenvalue weighted by Gasteiger charge is 2.05. The molecule has 79 valence electrons. The molecule has 0 N–H and O–H groups in total. The number of nitriles is 2. The van der Waals surface area contributed by atoms with E-state index in [1.807, 2.05) is 12.1 Å². The Morgan fingerprint density at radius 1 is 1.12 bits per heavy atom. The Morgan fingerprint density at radius 3 is 2.65 bits per heavy atom. The normalized spacial score (nSPS) is 9.06. The highest BCUT2D eigenvalue weighted by molar-refractivity contribution is 5.49. The third-order valence-corrected chi connectivity index (χ3v) is 2.14. The molecule has 0 amide bonds. The fourth-order valence-electron chi connectivity index (χ4n) is 1.34. The zero-order chi connectivity index (χ0) is 12.1. The van der Waals surface area contributed by atoms with E-state index in [1.165, 1.54) is 0 Å². The number of ether oxygens (including phenoxy) is 1. The zero-order valence-electron chi connectivity index (χ0n) is 8.84. The van der Waals surface area contributed by atoms with Crippen LogP contribution >= 0.6 is 0 Å². The van der Waals surface area contributed by atoms with Crippen LogP contribution in [0.5, 0.6) is 11.5 Å². The molecule has 0 atom stereocenters. The third kappa shape index (κ3) is 2.42. The molecule has 0 saturated carbocycles. The maximum absolute atomic E-state index is 8.94. The molecule has 0 fully saturated rings. The van der Waals surface area contributed by atoms with Gasteiger partial charge in [-0.15, -0.1) is 0 Å². The Morgan fingerprint density at radius 2 is 2.00 bits per heavy atom. The van der Waals surface area contributed by atoms with Gasteiger partial charge >= 0.3 is 0 Å². The molecule has 0 spiro atoms. The quantitative estimate of drug-likeness (QED) is 0.780. The van der Waals surface area contributed by atoms with Crippen molar-refractivity contribution in [2.24, 2.45) is 0 Å². The molecule has 0 aliphatic heterocycles. The highest BCUT2D eigenvalue weighted by Crippen LogP contribution is 2.25. The molecule has 3 heteroatoms. The van der Waals surface area contributed by atoms with E-state index in [9.17, 15) is 0 Å². The van der Waals surface area contributed by atoms with Crippen LogP contribution in [-0.2, 0) is 0 Å². The Hall–Kier alpha value is -2.78. The predicted octanol–water partition coefficient (Wildman–Crippen LogP) is 3.02. The SMILES string of the molecule is N#Cc1ccc(C#N)c(Oc2c[c]ccc2)c1. The molecule has 1 radical (unpaired) electrons. The minimum atomic E-state index is 0.381. The van der Waals surface area contributed by atoms with Gasteiger partial charge in [0.1, 0.15) is 17.6 Å². The molecular formula is C14H7N2O. The fourth-order valence-corrected chi connectivity index (χ4v) is 1.34. The summed E-state index contributed by atoms with van der Waals surface area (Å²) in [5, 5.41) is 17.7. The molecule has 2 rings (SSSR count). The molecule has 3 nitrogen and oxygen atoms in total. The first-order chi connectivity index (χ1) is 8.33. The predicted molar refractivity (Wildman–Crippen MR) is 61.2 cm³/mol. The van der Waals surface area contributed by atoms with Gasteiger partial charge in [-0.1, -0.05) is 12.1 Å². The van der Waals surface area contributed by atoms with Gasteiger partial charge in [0.2, 0.25) is 0 Å². The van der Waals surface area contributed by atoms with E-state index in [0.717, 1.165) is 0 Å². The lowest BCUT2D eigenvalue weighted by Gasteiger charge is -2.06. The Balaban J connectivity index is 2.39. The average Bonchev–Trinajstić information content (AvgIpc) is 2.40. The molecule has 0 saturated heterocycles. The van der Waals surface area contributed by atoms with Crippen molar-refractivity contribution in [3.8, 4) is 23.6 Å². The molecule has 0 unspecified atom stereocenters.